The van der Waals surface area contributed by atoms with Crippen molar-refractivity contribution in [3.63, 3.8) is 0 Å². The average molecular weight is 321 g/mol. The Kier molecular flexibility index (Phi) is 5.00. The van der Waals surface area contributed by atoms with Crippen LogP contribution in [0.3, 0.4) is 0 Å². The summed E-state index contributed by atoms with van der Waals surface area (Å²) < 4.78 is 18.0. The first kappa shape index (κ1) is 17.0. The highest BCUT2D eigenvalue weighted by atomic mass is 19.1. The molecule has 0 spiro atoms. The quantitative estimate of drug-likeness (QED) is 0.790. The molecule has 6 nitrogen and oxygen atoms in total. The molecule has 3 N–H and O–H groups in total. The predicted molar refractivity (Wildman–Crippen MR) is 83.6 cm³/mol. The van der Waals surface area contributed by atoms with Crippen molar-refractivity contribution >= 4 is 11.7 Å². The molecule has 1 heterocycles. The molecule has 124 valence electrons. The molecule has 2 aromatic rings. The number of amides is 2. The second kappa shape index (κ2) is 6.78. The minimum Gasteiger partial charge on any atom is -0.384 e. The highest BCUT2D eigenvalue weighted by Crippen LogP contribution is 2.21. The number of hydrogen-bond donors (Lipinski definition) is 3. The van der Waals surface area contributed by atoms with Gasteiger partial charge in [0.05, 0.1) is 6.54 Å². The first-order valence-corrected chi connectivity index (χ1v) is 7.32. The molecule has 0 aliphatic carbocycles. The third kappa shape index (κ3) is 4.07. The third-order valence-electron chi connectivity index (χ3n) is 3.55. The summed E-state index contributed by atoms with van der Waals surface area (Å²) in [5.74, 6) is 0.202. The van der Waals surface area contributed by atoms with E-state index in [1.165, 1.54) is 24.3 Å². The molecule has 7 heteroatoms. The number of hydrogen-bond acceptors (Lipinski definition) is 4. The van der Waals surface area contributed by atoms with E-state index in [0.29, 0.717) is 29.1 Å². The van der Waals surface area contributed by atoms with Crippen molar-refractivity contribution in [3.05, 3.63) is 47.1 Å². The number of anilines is 1. The lowest BCUT2D eigenvalue weighted by Crippen LogP contribution is -2.40. The molecule has 0 fully saturated rings. The minimum absolute atomic E-state index is 0.0315. The Hall–Kier alpha value is -2.41. The van der Waals surface area contributed by atoms with Crippen molar-refractivity contribution in [3.8, 4) is 0 Å². The van der Waals surface area contributed by atoms with Crippen LogP contribution in [-0.2, 0) is 12.0 Å². The number of nitrogens with one attached hydrogen (secondary N) is 2. The fourth-order valence-corrected chi connectivity index (χ4v) is 2.14. The van der Waals surface area contributed by atoms with Gasteiger partial charge in [0.2, 0.25) is 0 Å². The summed E-state index contributed by atoms with van der Waals surface area (Å²) in [5.41, 5.74) is 0.311. The summed E-state index contributed by atoms with van der Waals surface area (Å²) in [6, 6.07) is 5.01. The number of benzene rings is 1. The lowest BCUT2D eigenvalue weighted by molar-refractivity contribution is 0.0599. The van der Waals surface area contributed by atoms with E-state index in [4.69, 9.17) is 4.52 Å². The third-order valence-corrected chi connectivity index (χ3v) is 3.55. The fraction of sp³-hybridized carbons (Fsp3) is 0.375. The lowest BCUT2D eigenvalue weighted by atomic mass is 9.96. The van der Waals surface area contributed by atoms with Crippen LogP contribution in [0.25, 0.3) is 0 Å². The zero-order valence-corrected chi connectivity index (χ0v) is 13.3. The van der Waals surface area contributed by atoms with Crippen molar-refractivity contribution in [2.24, 2.45) is 0 Å². The van der Waals surface area contributed by atoms with Gasteiger partial charge in [-0.1, -0.05) is 24.2 Å². The first-order valence-electron chi connectivity index (χ1n) is 7.32. The monoisotopic (exact) mass is 321 g/mol. The van der Waals surface area contributed by atoms with Gasteiger partial charge in [0.25, 0.3) is 0 Å². The Morgan fingerprint density at radius 3 is 2.65 bits per heavy atom. The van der Waals surface area contributed by atoms with Gasteiger partial charge in [0.15, 0.2) is 5.76 Å². The second-order valence-electron chi connectivity index (χ2n) is 5.51. The van der Waals surface area contributed by atoms with E-state index in [-0.39, 0.29) is 12.4 Å². The van der Waals surface area contributed by atoms with Gasteiger partial charge in [-0.05, 0) is 31.5 Å². The zero-order chi connectivity index (χ0) is 17.0. The molecule has 0 saturated heterocycles. The summed E-state index contributed by atoms with van der Waals surface area (Å²) in [6.07, 6.45) is 0.601. The number of carbonyl (C=O) groups excluding carboxylic acids is 1. The van der Waals surface area contributed by atoms with Gasteiger partial charge in [0, 0.05) is 6.42 Å². The SMILES string of the molecule is CCc1onc(C)c1NC(=O)NCC(C)(O)c1ccc(F)cc1. The van der Waals surface area contributed by atoms with Crippen LogP contribution in [0.4, 0.5) is 14.9 Å². The predicted octanol–water partition coefficient (Wildman–Crippen LogP) is 2.71. The molecule has 0 aliphatic rings. The highest BCUT2D eigenvalue weighted by Gasteiger charge is 2.24. The number of aromatic nitrogens is 1. The van der Waals surface area contributed by atoms with Crippen LogP contribution in [0.1, 0.15) is 30.9 Å². The standard InChI is InChI=1S/C16H20FN3O3/c1-4-13-14(10(2)20-23-13)19-15(21)18-9-16(3,22)11-5-7-12(17)8-6-11/h5-8,22H,4,9H2,1-3H3,(H2,18,19,21). The number of rotatable bonds is 5. The molecule has 2 rings (SSSR count). The fourth-order valence-electron chi connectivity index (χ4n) is 2.14. The Morgan fingerprint density at radius 1 is 1.39 bits per heavy atom. The van der Waals surface area contributed by atoms with Crippen LogP contribution in [0.2, 0.25) is 0 Å². The van der Waals surface area contributed by atoms with Gasteiger partial charge >= 0.3 is 6.03 Å². The number of carbonyl (C=O) groups is 1. The summed E-state index contributed by atoms with van der Waals surface area (Å²) in [6.45, 7) is 5.13. The van der Waals surface area contributed by atoms with Gasteiger partial charge in [0.1, 0.15) is 22.8 Å². The maximum absolute atomic E-state index is 12.9. The molecule has 0 bridgehead atoms. The number of nitrogens with zero attached hydrogens (tertiary/aromatic N) is 1. The van der Waals surface area contributed by atoms with Crippen LogP contribution in [0.15, 0.2) is 28.8 Å². The summed E-state index contributed by atoms with van der Waals surface area (Å²) in [4.78, 5) is 12.0. The lowest BCUT2D eigenvalue weighted by Gasteiger charge is -2.24. The largest absolute Gasteiger partial charge is 0.384 e. The van der Waals surface area contributed by atoms with Crippen LogP contribution >= 0.6 is 0 Å². The van der Waals surface area contributed by atoms with Gasteiger partial charge in [-0.15, -0.1) is 0 Å². The number of aryl methyl sites for hydroxylation is 2. The van der Waals surface area contributed by atoms with E-state index in [2.05, 4.69) is 15.8 Å². The smallest absolute Gasteiger partial charge is 0.319 e. The molecule has 1 atom stereocenters. The molecule has 1 aromatic carbocycles. The molecule has 1 unspecified atom stereocenters. The zero-order valence-electron chi connectivity index (χ0n) is 13.3. The highest BCUT2D eigenvalue weighted by molar-refractivity contribution is 5.90. The Bertz CT molecular complexity index is 680. The molecular weight excluding hydrogens is 301 g/mol. The first-order chi connectivity index (χ1) is 10.8. The molecule has 0 radical (unpaired) electrons. The van der Waals surface area contributed by atoms with Gasteiger partial charge in [-0.25, -0.2) is 9.18 Å². The van der Waals surface area contributed by atoms with E-state index in [1.807, 2.05) is 6.92 Å². The molecule has 0 aliphatic heterocycles. The van der Waals surface area contributed by atoms with Crippen molar-refractivity contribution in [2.45, 2.75) is 32.8 Å². The molecule has 1 aromatic heterocycles. The molecule has 0 saturated carbocycles. The van der Waals surface area contributed by atoms with Crippen molar-refractivity contribution in [1.29, 1.82) is 0 Å². The molecule has 23 heavy (non-hydrogen) atoms. The maximum atomic E-state index is 12.9. The topological polar surface area (TPSA) is 87.4 Å². The van der Waals surface area contributed by atoms with Gasteiger partial charge < -0.3 is 20.3 Å². The van der Waals surface area contributed by atoms with Gasteiger partial charge in [-0.2, -0.15) is 0 Å². The normalized spacial score (nSPS) is 13.4. The minimum atomic E-state index is -1.32. The molecular formula is C16H20FN3O3. The van der Waals surface area contributed by atoms with Crippen LogP contribution < -0.4 is 10.6 Å². The number of urea groups is 1. The summed E-state index contributed by atoms with van der Waals surface area (Å²) >= 11 is 0. The Labute approximate surface area is 133 Å². The van der Waals surface area contributed by atoms with Crippen LogP contribution in [0.5, 0.6) is 0 Å². The van der Waals surface area contributed by atoms with E-state index in [0.717, 1.165) is 0 Å². The number of aliphatic hydroxyl groups is 1. The Morgan fingerprint density at radius 2 is 2.04 bits per heavy atom. The number of halogens is 1. The van der Waals surface area contributed by atoms with E-state index >= 15 is 0 Å². The maximum Gasteiger partial charge on any atom is 0.319 e. The van der Waals surface area contributed by atoms with Crippen LogP contribution in [0, 0.1) is 12.7 Å². The van der Waals surface area contributed by atoms with Crippen LogP contribution in [-0.4, -0.2) is 22.8 Å². The summed E-state index contributed by atoms with van der Waals surface area (Å²) in [7, 11) is 0. The second-order valence-corrected chi connectivity index (χ2v) is 5.51. The van der Waals surface area contributed by atoms with E-state index in [1.54, 1.807) is 13.8 Å². The van der Waals surface area contributed by atoms with Gasteiger partial charge in [-0.3, -0.25) is 0 Å². The van der Waals surface area contributed by atoms with Crippen molar-refractivity contribution in [1.82, 2.24) is 10.5 Å². The molecule has 2 amide bonds. The summed E-state index contributed by atoms with van der Waals surface area (Å²) in [5, 5.41) is 19.5. The van der Waals surface area contributed by atoms with Crippen molar-refractivity contribution < 1.29 is 18.8 Å². The average Bonchev–Trinajstić information content (AvgIpc) is 2.86. The van der Waals surface area contributed by atoms with E-state index in [9.17, 15) is 14.3 Å². The van der Waals surface area contributed by atoms with E-state index < -0.39 is 11.6 Å². The Balaban J connectivity index is 1.98. The van der Waals surface area contributed by atoms with Crippen molar-refractivity contribution in [2.75, 3.05) is 11.9 Å².